The molecule has 0 spiro atoms. The zero-order valence-corrected chi connectivity index (χ0v) is 16.6. The van der Waals surface area contributed by atoms with E-state index in [4.69, 9.17) is 0 Å². The molecule has 1 unspecified atom stereocenters. The fourth-order valence-corrected chi connectivity index (χ4v) is 5.15. The van der Waals surface area contributed by atoms with Crippen LogP contribution in [0.4, 0.5) is 30.6 Å². The fraction of sp³-hybridized carbons (Fsp3) is 0.444. The molecule has 1 aliphatic carbocycles. The van der Waals surface area contributed by atoms with Gasteiger partial charge in [0.1, 0.15) is 11.9 Å². The summed E-state index contributed by atoms with van der Waals surface area (Å²) in [7, 11) is 0.184. The number of nitrogens with zero attached hydrogens (tertiary/aromatic N) is 3. The van der Waals surface area contributed by atoms with Crippen molar-refractivity contribution in [1.82, 2.24) is 9.97 Å². The quantitative estimate of drug-likeness (QED) is 0.644. The first kappa shape index (κ1) is 19.9. The lowest BCUT2D eigenvalue weighted by molar-refractivity contribution is 0.206. The van der Waals surface area contributed by atoms with E-state index in [0.717, 1.165) is 12.1 Å². The van der Waals surface area contributed by atoms with Gasteiger partial charge in [0, 0.05) is 23.2 Å². The minimum absolute atomic E-state index is 0.0380. The lowest BCUT2D eigenvalue weighted by Gasteiger charge is -2.36. The molecule has 1 saturated carbocycles. The Kier molecular flexibility index (Phi) is 5.11. The van der Waals surface area contributed by atoms with Crippen molar-refractivity contribution >= 4 is 28.3 Å². The molecule has 11 heteroatoms. The molecule has 7 nitrogen and oxygen atoms in total. The van der Waals surface area contributed by atoms with Crippen molar-refractivity contribution in [2.24, 2.45) is 0 Å². The molecule has 1 fully saturated rings. The van der Waals surface area contributed by atoms with Crippen LogP contribution in [0.3, 0.4) is 0 Å². The highest BCUT2D eigenvalue weighted by Gasteiger charge is 2.36. The molecule has 4 rings (SSSR count). The predicted octanol–water partition coefficient (Wildman–Crippen LogP) is 2.13. The number of halogens is 3. The van der Waals surface area contributed by atoms with Crippen molar-refractivity contribution in [3.8, 4) is 0 Å². The van der Waals surface area contributed by atoms with Crippen molar-refractivity contribution in [2.75, 3.05) is 29.1 Å². The van der Waals surface area contributed by atoms with E-state index in [1.807, 2.05) is 11.9 Å². The largest absolute Gasteiger partial charge is 0.372 e. The molecule has 2 aliphatic rings. The summed E-state index contributed by atoms with van der Waals surface area (Å²) in [4.78, 5) is 10.7. The topological polar surface area (TPSA) is 90.4 Å². The van der Waals surface area contributed by atoms with Gasteiger partial charge in [-0.25, -0.2) is 18.2 Å². The summed E-state index contributed by atoms with van der Waals surface area (Å²) < 4.78 is 52.4. The number of aliphatic hydroxyl groups excluding tert-OH is 1. The summed E-state index contributed by atoms with van der Waals surface area (Å²) in [5.74, 6) is -3.17. The molecule has 2 aromatic rings. The van der Waals surface area contributed by atoms with Crippen LogP contribution in [-0.2, 0) is 10.8 Å². The minimum atomic E-state index is -1.64. The van der Waals surface area contributed by atoms with Gasteiger partial charge in [-0.2, -0.15) is 4.98 Å². The van der Waals surface area contributed by atoms with E-state index in [1.165, 1.54) is 0 Å². The van der Waals surface area contributed by atoms with Crippen LogP contribution in [0, 0.1) is 24.4 Å². The van der Waals surface area contributed by atoms with Gasteiger partial charge in [0.05, 0.1) is 23.0 Å². The Balaban J connectivity index is 1.42. The Bertz CT molecular complexity index is 963. The lowest BCUT2D eigenvalue weighted by Crippen LogP contribution is -2.43. The molecule has 1 aromatic heterocycles. The number of hydrogen-bond donors (Lipinski definition) is 3. The van der Waals surface area contributed by atoms with Gasteiger partial charge in [-0.05, 0) is 31.9 Å². The van der Waals surface area contributed by atoms with E-state index < -0.39 is 34.5 Å². The first-order chi connectivity index (χ1) is 13.7. The minimum Gasteiger partial charge on any atom is -0.372 e. The van der Waals surface area contributed by atoms with Gasteiger partial charge < -0.3 is 20.6 Å². The summed E-state index contributed by atoms with van der Waals surface area (Å²) >= 11 is 0. The molecule has 0 amide bonds. The van der Waals surface area contributed by atoms with E-state index >= 15 is 0 Å². The number of β-amino-alcohol motifs (C(OH)–C–C–N with tert-alkyl or cyclic N) is 1. The molecule has 0 radical (unpaired) electrons. The van der Waals surface area contributed by atoms with Gasteiger partial charge in [-0.3, -0.25) is 4.21 Å². The number of aryl methyl sites for hydroxylation is 1. The van der Waals surface area contributed by atoms with Gasteiger partial charge in [0.15, 0.2) is 23.3 Å². The predicted molar refractivity (Wildman–Crippen MR) is 103 cm³/mol. The molecule has 3 N–H and O–H groups in total. The number of anilines is 3. The Hall–Kier alpha value is -2.40. The first-order valence-electron chi connectivity index (χ1n) is 9.09. The average molecular weight is 427 g/mol. The van der Waals surface area contributed by atoms with E-state index in [2.05, 4.69) is 20.6 Å². The summed E-state index contributed by atoms with van der Waals surface area (Å²) in [6.45, 7) is 2.19. The molecule has 29 heavy (non-hydrogen) atoms. The van der Waals surface area contributed by atoms with Gasteiger partial charge in [-0.15, -0.1) is 0 Å². The van der Waals surface area contributed by atoms with E-state index in [-0.39, 0.29) is 16.2 Å². The van der Waals surface area contributed by atoms with Gasteiger partial charge >= 0.3 is 0 Å². The maximum atomic E-state index is 13.4. The van der Waals surface area contributed by atoms with Crippen LogP contribution in [0.25, 0.3) is 0 Å². The number of aliphatic hydroxyl groups is 1. The number of hydrogen-bond acceptors (Lipinski definition) is 7. The monoisotopic (exact) mass is 427 g/mol. The molecular formula is C18H20F3N5O2S. The van der Waals surface area contributed by atoms with Crippen LogP contribution in [0.2, 0.25) is 0 Å². The van der Waals surface area contributed by atoms with Crippen LogP contribution in [-0.4, -0.2) is 50.4 Å². The van der Waals surface area contributed by atoms with E-state index in [1.54, 1.807) is 6.92 Å². The van der Waals surface area contributed by atoms with Crippen molar-refractivity contribution in [3.05, 3.63) is 35.3 Å². The Morgan fingerprint density at radius 3 is 2.55 bits per heavy atom. The number of nitrogens with one attached hydrogen (secondary N) is 2. The van der Waals surface area contributed by atoms with Crippen molar-refractivity contribution in [1.29, 1.82) is 0 Å². The number of rotatable bonds is 4. The second-order valence-corrected chi connectivity index (χ2v) is 9.04. The normalized spacial score (nSPS) is 24.3. The third-order valence-electron chi connectivity index (χ3n) is 5.11. The maximum Gasteiger partial charge on any atom is 0.225 e. The number of aromatic nitrogens is 2. The number of likely N-dealkylation sites (N-methyl/N-ethyl adjacent to an activating group) is 1. The molecule has 2 atom stereocenters. The standard InChI is InChI=1S/C18H20F3N5O2S/c1-8-16-17(26(2)7-14(27)24-16)25-18(22-8)23-9-3-10(4-9)29(28)11-5-12(19)15(21)13(20)6-11/h5-6,9-10,14,24,27H,3-4,7H2,1-2H3,(H,22,23,25)/t9?,10?,14?,29-/m0/s1. The highest BCUT2D eigenvalue weighted by molar-refractivity contribution is 7.85. The van der Waals surface area contributed by atoms with Crippen LogP contribution in [0.5, 0.6) is 0 Å². The lowest BCUT2D eigenvalue weighted by atomic mass is 9.92. The van der Waals surface area contributed by atoms with Gasteiger partial charge in [-0.1, -0.05) is 0 Å². The molecule has 1 aliphatic heterocycles. The van der Waals surface area contributed by atoms with Crippen molar-refractivity contribution in [3.63, 3.8) is 0 Å². The molecule has 1 aromatic carbocycles. The van der Waals surface area contributed by atoms with Crippen LogP contribution in [0.15, 0.2) is 17.0 Å². The SMILES string of the molecule is Cc1nc(NC2CC([S@](=O)c3cc(F)c(F)c(F)c3)C2)nc2c1NC(O)CN2C. The van der Waals surface area contributed by atoms with Gasteiger partial charge in [0.25, 0.3) is 0 Å². The second kappa shape index (κ2) is 7.45. The summed E-state index contributed by atoms with van der Waals surface area (Å²) in [6, 6.07) is 1.52. The third-order valence-corrected chi connectivity index (χ3v) is 6.80. The van der Waals surface area contributed by atoms with Crippen LogP contribution in [0.1, 0.15) is 18.5 Å². The second-order valence-electron chi connectivity index (χ2n) is 7.30. The summed E-state index contributed by atoms with van der Waals surface area (Å²) in [5, 5.41) is 15.7. The molecule has 0 bridgehead atoms. The smallest absolute Gasteiger partial charge is 0.225 e. The van der Waals surface area contributed by atoms with E-state index in [9.17, 15) is 22.5 Å². The molecule has 2 heterocycles. The highest BCUT2D eigenvalue weighted by atomic mass is 32.2. The van der Waals surface area contributed by atoms with Crippen LogP contribution < -0.4 is 15.5 Å². The molecular weight excluding hydrogens is 407 g/mol. The maximum absolute atomic E-state index is 13.4. The number of benzene rings is 1. The highest BCUT2D eigenvalue weighted by Crippen LogP contribution is 2.34. The van der Waals surface area contributed by atoms with Crippen LogP contribution >= 0.6 is 0 Å². The summed E-state index contributed by atoms with van der Waals surface area (Å²) in [5.41, 5.74) is 1.35. The summed E-state index contributed by atoms with van der Waals surface area (Å²) in [6.07, 6.45) is 0.302. The molecule has 0 saturated heterocycles. The first-order valence-corrected chi connectivity index (χ1v) is 10.3. The average Bonchev–Trinajstić information content (AvgIpc) is 2.62. The third kappa shape index (κ3) is 3.76. The zero-order valence-electron chi connectivity index (χ0n) is 15.7. The Morgan fingerprint density at radius 2 is 1.90 bits per heavy atom. The van der Waals surface area contributed by atoms with Crippen molar-refractivity contribution in [2.45, 2.75) is 42.2 Å². The Morgan fingerprint density at radius 1 is 1.24 bits per heavy atom. The fourth-order valence-electron chi connectivity index (χ4n) is 3.51. The van der Waals surface area contributed by atoms with Crippen molar-refractivity contribution < 1.29 is 22.5 Å². The van der Waals surface area contributed by atoms with Gasteiger partial charge in [0.2, 0.25) is 5.95 Å². The van der Waals surface area contributed by atoms with E-state index in [0.29, 0.717) is 42.5 Å². The zero-order chi connectivity index (χ0) is 20.9. The Labute approximate surface area is 167 Å². The number of fused-ring (bicyclic) bond motifs is 1. The molecule has 156 valence electrons.